The normalized spacial score (nSPS) is 16.2. The van der Waals surface area contributed by atoms with Crippen LogP contribution >= 0.6 is 11.3 Å². The molecule has 2 aromatic rings. The molecule has 1 N–H and O–H groups in total. The minimum atomic E-state index is -0.630. The average molecular weight is 357 g/mol. The van der Waals surface area contributed by atoms with E-state index in [9.17, 15) is 9.90 Å². The predicted molar refractivity (Wildman–Crippen MR) is 104 cm³/mol. The minimum absolute atomic E-state index is 0.0588. The van der Waals surface area contributed by atoms with Gasteiger partial charge in [0.25, 0.3) is 0 Å². The Bertz CT molecular complexity index is 668. The van der Waals surface area contributed by atoms with Gasteiger partial charge in [-0.3, -0.25) is 4.79 Å². The van der Waals surface area contributed by atoms with Gasteiger partial charge in [-0.25, -0.2) is 0 Å². The van der Waals surface area contributed by atoms with Crippen molar-refractivity contribution < 1.29 is 9.90 Å². The molecule has 134 valence electrons. The fourth-order valence-corrected chi connectivity index (χ4v) is 5.21. The lowest BCUT2D eigenvalue weighted by molar-refractivity contribution is -0.139. The first-order chi connectivity index (χ1) is 12.2. The third-order valence-electron chi connectivity index (χ3n) is 5.54. The summed E-state index contributed by atoms with van der Waals surface area (Å²) in [5.41, 5.74) is 1.47. The summed E-state index contributed by atoms with van der Waals surface area (Å²) < 4.78 is 0. The van der Waals surface area contributed by atoms with Crippen LogP contribution in [0.4, 0.5) is 0 Å². The highest BCUT2D eigenvalue weighted by Crippen LogP contribution is 2.45. The van der Waals surface area contributed by atoms with Gasteiger partial charge in [-0.1, -0.05) is 43.2 Å². The van der Waals surface area contributed by atoms with Gasteiger partial charge in [-0.2, -0.15) is 0 Å². The lowest BCUT2D eigenvalue weighted by Crippen LogP contribution is -2.21. The van der Waals surface area contributed by atoms with Gasteiger partial charge in [-0.05, 0) is 68.1 Å². The minimum Gasteiger partial charge on any atom is -0.481 e. The van der Waals surface area contributed by atoms with E-state index in [1.807, 2.05) is 11.3 Å². The fourth-order valence-electron chi connectivity index (χ4n) is 4.15. The Labute approximate surface area is 154 Å². The first-order valence-electron chi connectivity index (χ1n) is 9.49. The molecular formula is C22H28O2S. The van der Waals surface area contributed by atoms with Crippen molar-refractivity contribution >= 4 is 17.3 Å². The SMILES string of the molecule is O=C(O)CC1(CCc2ccc(CCCc3ccccc3)s2)CCCC1. The Morgan fingerprint density at radius 1 is 0.960 bits per heavy atom. The summed E-state index contributed by atoms with van der Waals surface area (Å²) in [5.74, 6) is -0.630. The van der Waals surface area contributed by atoms with Crippen LogP contribution < -0.4 is 0 Å². The van der Waals surface area contributed by atoms with Crippen molar-refractivity contribution in [1.29, 1.82) is 0 Å². The molecule has 1 heterocycles. The standard InChI is InChI=1S/C22H28O2S/c23-21(24)17-22(14-4-5-15-22)16-13-20-12-11-19(25-20)10-6-9-18-7-2-1-3-8-18/h1-3,7-8,11-12H,4-6,9-10,13-17H2,(H,23,24). The molecule has 3 heteroatoms. The molecular weight excluding hydrogens is 328 g/mol. The number of carboxylic acid groups (broad SMARTS) is 1. The van der Waals surface area contributed by atoms with Crippen molar-refractivity contribution in [2.45, 2.75) is 64.2 Å². The molecule has 1 aromatic carbocycles. The van der Waals surface area contributed by atoms with Gasteiger partial charge in [0.2, 0.25) is 0 Å². The van der Waals surface area contributed by atoms with Crippen molar-refractivity contribution in [2.75, 3.05) is 0 Å². The Hall–Kier alpha value is -1.61. The second-order valence-electron chi connectivity index (χ2n) is 7.48. The van der Waals surface area contributed by atoms with Crippen LogP contribution in [0.3, 0.4) is 0 Å². The maximum absolute atomic E-state index is 11.2. The Morgan fingerprint density at radius 2 is 1.64 bits per heavy atom. The van der Waals surface area contributed by atoms with E-state index >= 15 is 0 Å². The number of aliphatic carboxylic acids is 1. The van der Waals surface area contributed by atoms with E-state index in [1.54, 1.807) is 0 Å². The Kier molecular flexibility index (Phi) is 6.30. The fraction of sp³-hybridized carbons (Fsp3) is 0.500. The molecule has 0 bridgehead atoms. The van der Waals surface area contributed by atoms with Crippen molar-refractivity contribution in [2.24, 2.45) is 5.41 Å². The molecule has 25 heavy (non-hydrogen) atoms. The molecule has 0 atom stereocenters. The van der Waals surface area contributed by atoms with Gasteiger partial charge in [0.05, 0.1) is 6.42 Å². The number of hydrogen-bond donors (Lipinski definition) is 1. The van der Waals surface area contributed by atoms with Gasteiger partial charge in [0.15, 0.2) is 0 Å². The summed E-state index contributed by atoms with van der Waals surface area (Å²) in [4.78, 5) is 14.1. The molecule has 0 aliphatic heterocycles. The number of benzene rings is 1. The van der Waals surface area contributed by atoms with Gasteiger partial charge < -0.3 is 5.11 Å². The average Bonchev–Trinajstić information content (AvgIpc) is 3.24. The van der Waals surface area contributed by atoms with Crippen molar-refractivity contribution in [1.82, 2.24) is 0 Å². The predicted octanol–water partition coefficient (Wildman–Crippen LogP) is 5.89. The number of rotatable bonds is 9. The maximum Gasteiger partial charge on any atom is 0.303 e. The van der Waals surface area contributed by atoms with Crippen LogP contribution in [0.2, 0.25) is 0 Å². The topological polar surface area (TPSA) is 37.3 Å². The van der Waals surface area contributed by atoms with E-state index in [4.69, 9.17) is 0 Å². The highest BCUT2D eigenvalue weighted by atomic mass is 32.1. The van der Waals surface area contributed by atoms with Crippen LogP contribution in [0.1, 0.15) is 60.3 Å². The van der Waals surface area contributed by atoms with Crippen molar-refractivity contribution in [3.63, 3.8) is 0 Å². The Morgan fingerprint density at radius 3 is 2.32 bits per heavy atom. The maximum atomic E-state index is 11.2. The summed E-state index contributed by atoms with van der Waals surface area (Å²) >= 11 is 1.92. The highest BCUT2D eigenvalue weighted by molar-refractivity contribution is 7.11. The number of thiophene rings is 1. The van der Waals surface area contributed by atoms with Crippen LogP contribution in [0.25, 0.3) is 0 Å². The molecule has 1 aliphatic rings. The number of carbonyl (C=O) groups is 1. The molecule has 0 amide bonds. The summed E-state index contributed by atoms with van der Waals surface area (Å²) in [6.07, 6.45) is 10.5. The smallest absolute Gasteiger partial charge is 0.303 e. The van der Waals surface area contributed by atoms with Crippen LogP contribution in [-0.2, 0) is 24.1 Å². The largest absolute Gasteiger partial charge is 0.481 e. The third-order valence-corrected chi connectivity index (χ3v) is 6.75. The zero-order chi connectivity index (χ0) is 17.5. The number of hydrogen-bond acceptors (Lipinski definition) is 2. The van der Waals surface area contributed by atoms with Crippen LogP contribution in [0.15, 0.2) is 42.5 Å². The molecule has 0 radical (unpaired) electrons. The zero-order valence-electron chi connectivity index (χ0n) is 14.9. The third kappa shape index (κ3) is 5.43. The lowest BCUT2D eigenvalue weighted by atomic mass is 9.78. The van der Waals surface area contributed by atoms with Crippen LogP contribution in [-0.4, -0.2) is 11.1 Å². The second kappa shape index (κ2) is 8.66. The van der Waals surface area contributed by atoms with Gasteiger partial charge >= 0.3 is 5.97 Å². The molecule has 0 spiro atoms. The molecule has 1 aliphatic carbocycles. The van der Waals surface area contributed by atoms with Crippen molar-refractivity contribution in [3.8, 4) is 0 Å². The van der Waals surface area contributed by atoms with Gasteiger partial charge in [-0.15, -0.1) is 11.3 Å². The quantitative estimate of drug-likeness (QED) is 0.608. The summed E-state index contributed by atoms with van der Waals surface area (Å²) in [6, 6.07) is 15.2. The number of aryl methyl sites for hydroxylation is 3. The zero-order valence-corrected chi connectivity index (χ0v) is 15.7. The highest BCUT2D eigenvalue weighted by Gasteiger charge is 2.35. The Balaban J connectivity index is 1.47. The molecule has 2 nitrogen and oxygen atoms in total. The van der Waals surface area contributed by atoms with E-state index in [1.165, 1.54) is 34.6 Å². The molecule has 0 unspecified atom stereocenters. The molecule has 0 saturated heterocycles. The molecule has 3 rings (SSSR count). The van der Waals surface area contributed by atoms with E-state index in [0.29, 0.717) is 6.42 Å². The summed E-state index contributed by atoms with van der Waals surface area (Å²) in [6.45, 7) is 0. The van der Waals surface area contributed by atoms with Crippen LogP contribution in [0, 0.1) is 5.41 Å². The molecule has 1 saturated carbocycles. The van der Waals surface area contributed by atoms with E-state index < -0.39 is 5.97 Å². The second-order valence-corrected chi connectivity index (χ2v) is 8.74. The molecule has 1 fully saturated rings. The summed E-state index contributed by atoms with van der Waals surface area (Å²) in [7, 11) is 0. The van der Waals surface area contributed by atoms with Crippen molar-refractivity contribution in [3.05, 3.63) is 57.8 Å². The first-order valence-corrected chi connectivity index (χ1v) is 10.3. The molecule has 1 aromatic heterocycles. The van der Waals surface area contributed by atoms with E-state index in [0.717, 1.165) is 38.5 Å². The van der Waals surface area contributed by atoms with Gasteiger partial charge in [0.1, 0.15) is 0 Å². The summed E-state index contributed by atoms with van der Waals surface area (Å²) in [5, 5.41) is 9.23. The van der Waals surface area contributed by atoms with Crippen LogP contribution in [0.5, 0.6) is 0 Å². The lowest BCUT2D eigenvalue weighted by Gasteiger charge is -2.26. The number of carboxylic acids is 1. The van der Waals surface area contributed by atoms with E-state index in [-0.39, 0.29) is 5.41 Å². The first kappa shape index (κ1) is 18.2. The van der Waals surface area contributed by atoms with E-state index in [2.05, 4.69) is 42.5 Å². The van der Waals surface area contributed by atoms with Gasteiger partial charge in [0, 0.05) is 9.75 Å². The monoisotopic (exact) mass is 356 g/mol.